The van der Waals surface area contributed by atoms with Crippen molar-refractivity contribution in [2.45, 2.75) is 32.4 Å². The maximum Gasteiger partial charge on any atom is 0.260 e. The molecule has 8 nitrogen and oxygen atoms in total. The molecule has 6 rings (SSSR count). The molecule has 0 spiro atoms. The molecule has 1 saturated carbocycles. The van der Waals surface area contributed by atoms with E-state index in [1.807, 2.05) is 12.3 Å². The largest absolute Gasteiger partial charge is 0.396 e. The van der Waals surface area contributed by atoms with Crippen molar-refractivity contribution in [1.82, 2.24) is 19.9 Å². The van der Waals surface area contributed by atoms with Crippen molar-refractivity contribution in [2.24, 2.45) is 11.3 Å². The molecule has 1 saturated heterocycles. The Morgan fingerprint density at radius 1 is 1.08 bits per heavy atom. The molecule has 1 aromatic carbocycles. The average molecular weight is 488 g/mol. The van der Waals surface area contributed by atoms with Crippen molar-refractivity contribution in [3.8, 4) is 0 Å². The summed E-state index contributed by atoms with van der Waals surface area (Å²) in [5.41, 5.74) is 3.62. The first-order valence-electron chi connectivity index (χ1n) is 12.8. The van der Waals surface area contributed by atoms with Gasteiger partial charge in [0.1, 0.15) is 0 Å². The minimum Gasteiger partial charge on any atom is -0.396 e. The molecule has 8 heteroatoms. The number of anilines is 1. The number of hydrogen-bond donors (Lipinski definition) is 4. The van der Waals surface area contributed by atoms with Crippen molar-refractivity contribution >= 4 is 27.4 Å². The van der Waals surface area contributed by atoms with E-state index in [1.165, 1.54) is 30.3 Å². The van der Waals surface area contributed by atoms with Gasteiger partial charge in [0.2, 0.25) is 0 Å². The van der Waals surface area contributed by atoms with Gasteiger partial charge in [0, 0.05) is 48.6 Å². The Kier molecular flexibility index (Phi) is 6.03. The van der Waals surface area contributed by atoms with Gasteiger partial charge >= 0.3 is 0 Å². The Balaban J connectivity index is 1.20. The predicted octanol–water partition coefficient (Wildman–Crippen LogP) is 2.61. The van der Waals surface area contributed by atoms with Crippen LogP contribution in [0.25, 0.3) is 21.7 Å². The minimum atomic E-state index is -0.486. The smallest absolute Gasteiger partial charge is 0.260 e. The standard InChI is InChI=1S/C28H33N5O3/c34-17-28(18-35)15-33(16-28)26-13-30-12-24-23(26)6-7-32(27(24)36)14-20-4-5-21-9-22(31-25(21)8-20)11-29-10-19-2-1-3-19/h4-9,12-13,19,29,31,34-35H,1-3,10-11,14-18H2. The first kappa shape index (κ1) is 23.2. The van der Waals surface area contributed by atoms with E-state index in [1.54, 1.807) is 17.0 Å². The summed E-state index contributed by atoms with van der Waals surface area (Å²) >= 11 is 0. The topological polar surface area (TPSA) is 106 Å². The molecule has 1 aliphatic heterocycles. The van der Waals surface area contributed by atoms with Gasteiger partial charge in [0.15, 0.2) is 0 Å². The second-order valence-electron chi connectivity index (χ2n) is 10.7. The van der Waals surface area contributed by atoms with Gasteiger partial charge in [0.25, 0.3) is 5.56 Å². The third-order valence-corrected chi connectivity index (χ3v) is 8.01. The van der Waals surface area contributed by atoms with Gasteiger partial charge in [0.05, 0.1) is 42.4 Å². The van der Waals surface area contributed by atoms with Gasteiger partial charge in [-0.2, -0.15) is 0 Å². The Hall–Kier alpha value is -3.20. The highest BCUT2D eigenvalue weighted by Crippen LogP contribution is 2.36. The summed E-state index contributed by atoms with van der Waals surface area (Å²) in [6.45, 7) is 3.36. The Morgan fingerprint density at radius 2 is 1.92 bits per heavy atom. The number of aromatic nitrogens is 3. The first-order chi connectivity index (χ1) is 17.6. The number of benzene rings is 1. The summed E-state index contributed by atoms with van der Waals surface area (Å²) in [5.74, 6) is 0.841. The van der Waals surface area contributed by atoms with E-state index < -0.39 is 5.41 Å². The van der Waals surface area contributed by atoms with Crippen LogP contribution < -0.4 is 15.8 Å². The van der Waals surface area contributed by atoms with Crippen molar-refractivity contribution < 1.29 is 10.2 Å². The number of rotatable bonds is 9. The number of aromatic amines is 1. The van der Waals surface area contributed by atoms with Crippen LogP contribution in [0, 0.1) is 11.3 Å². The molecule has 1 aliphatic carbocycles. The van der Waals surface area contributed by atoms with E-state index in [9.17, 15) is 15.0 Å². The number of hydrogen-bond acceptors (Lipinski definition) is 6. The summed E-state index contributed by atoms with van der Waals surface area (Å²) in [6, 6.07) is 10.5. The minimum absolute atomic E-state index is 0.0609. The Bertz CT molecular complexity index is 1440. The summed E-state index contributed by atoms with van der Waals surface area (Å²) < 4.78 is 1.72. The molecule has 4 N–H and O–H groups in total. The van der Waals surface area contributed by atoms with Gasteiger partial charge in [-0.3, -0.25) is 9.78 Å². The highest BCUT2D eigenvalue weighted by molar-refractivity contribution is 5.93. The number of nitrogens with zero attached hydrogens (tertiary/aromatic N) is 3. The van der Waals surface area contributed by atoms with E-state index in [-0.39, 0.29) is 18.8 Å². The lowest BCUT2D eigenvalue weighted by molar-refractivity contribution is 0.0307. The van der Waals surface area contributed by atoms with E-state index in [2.05, 4.69) is 44.5 Å². The number of aliphatic hydroxyl groups is 2. The number of fused-ring (bicyclic) bond motifs is 2. The third-order valence-electron chi connectivity index (χ3n) is 8.01. The van der Waals surface area contributed by atoms with Crippen molar-refractivity contribution in [3.63, 3.8) is 0 Å². The summed E-state index contributed by atoms with van der Waals surface area (Å²) in [4.78, 5) is 23.2. The SMILES string of the molecule is O=c1c2cncc(N3CC(CO)(CO)C3)c2ccn1Cc1ccc2cc(CNCC3CCC3)[nH]c2c1. The zero-order valence-corrected chi connectivity index (χ0v) is 20.4. The van der Waals surface area contributed by atoms with Crippen LogP contribution in [-0.4, -0.2) is 57.6 Å². The normalized spacial score (nSPS) is 17.4. The maximum absolute atomic E-state index is 13.3. The lowest BCUT2D eigenvalue weighted by Gasteiger charge is -2.49. The number of H-pyrrole nitrogens is 1. The monoisotopic (exact) mass is 487 g/mol. The molecule has 3 aromatic heterocycles. The fraction of sp³-hybridized carbons (Fsp3) is 0.429. The fourth-order valence-electron chi connectivity index (χ4n) is 5.48. The van der Waals surface area contributed by atoms with Crippen LogP contribution in [0.4, 0.5) is 5.69 Å². The quantitative estimate of drug-likeness (QED) is 0.289. The molecule has 0 unspecified atom stereocenters. The molecule has 0 radical (unpaired) electrons. The zero-order valence-electron chi connectivity index (χ0n) is 20.4. The van der Waals surface area contributed by atoms with Crippen LogP contribution in [-0.2, 0) is 13.1 Å². The molecule has 2 fully saturated rings. The summed E-state index contributed by atoms with van der Waals surface area (Å²) in [5, 5.41) is 25.4. The van der Waals surface area contributed by atoms with Crippen LogP contribution in [0.5, 0.6) is 0 Å². The molecular formula is C28H33N5O3. The predicted molar refractivity (Wildman–Crippen MR) is 141 cm³/mol. The van der Waals surface area contributed by atoms with Crippen LogP contribution in [0.3, 0.4) is 0 Å². The second-order valence-corrected chi connectivity index (χ2v) is 10.7. The van der Waals surface area contributed by atoms with Gasteiger partial charge in [-0.15, -0.1) is 0 Å². The zero-order chi connectivity index (χ0) is 24.7. The van der Waals surface area contributed by atoms with Crippen LogP contribution in [0.2, 0.25) is 0 Å². The first-order valence-corrected chi connectivity index (χ1v) is 12.8. The Morgan fingerprint density at radius 3 is 2.67 bits per heavy atom. The molecule has 0 atom stereocenters. The van der Waals surface area contributed by atoms with E-state index in [4.69, 9.17) is 0 Å². The van der Waals surface area contributed by atoms with Gasteiger partial charge < -0.3 is 30.0 Å². The van der Waals surface area contributed by atoms with E-state index in [0.717, 1.165) is 41.2 Å². The average Bonchev–Trinajstić information content (AvgIpc) is 3.25. The highest BCUT2D eigenvalue weighted by atomic mass is 16.3. The lowest BCUT2D eigenvalue weighted by Crippen LogP contribution is -2.60. The van der Waals surface area contributed by atoms with Gasteiger partial charge in [-0.1, -0.05) is 18.6 Å². The third kappa shape index (κ3) is 4.19. The molecule has 0 bridgehead atoms. The molecule has 0 amide bonds. The summed E-state index contributed by atoms with van der Waals surface area (Å²) in [6.07, 6.45) is 9.28. The van der Waals surface area contributed by atoms with E-state index in [0.29, 0.717) is 25.0 Å². The highest BCUT2D eigenvalue weighted by Gasteiger charge is 2.42. The van der Waals surface area contributed by atoms with Crippen molar-refractivity contribution in [2.75, 3.05) is 37.7 Å². The molecule has 188 valence electrons. The van der Waals surface area contributed by atoms with E-state index >= 15 is 0 Å². The van der Waals surface area contributed by atoms with Gasteiger partial charge in [-0.25, -0.2) is 0 Å². The van der Waals surface area contributed by atoms with Crippen LogP contribution in [0.1, 0.15) is 30.5 Å². The second kappa shape index (κ2) is 9.35. The maximum atomic E-state index is 13.3. The van der Waals surface area contributed by atoms with Crippen molar-refractivity contribution in [1.29, 1.82) is 0 Å². The number of nitrogens with one attached hydrogen (secondary N) is 2. The molecule has 4 aromatic rings. The van der Waals surface area contributed by atoms with Crippen LogP contribution >= 0.6 is 0 Å². The molecule has 2 aliphatic rings. The molecular weight excluding hydrogens is 454 g/mol. The van der Waals surface area contributed by atoms with Crippen LogP contribution in [0.15, 0.2) is 53.7 Å². The number of aliphatic hydroxyl groups excluding tert-OH is 2. The molecule has 4 heterocycles. The summed E-state index contributed by atoms with van der Waals surface area (Å²) in [7, 11) is 0. The number of pyridine rings is 2. The van der Waals surface area contributed by atoms with Gasteiger partial charge in [-0.05, 0) is 54.5 Å². The fourth-order valence-corrected chi connectivity index (χ4v) is 5.48. The Labute approximate surface area is 209 Å². The lowest BCUT2D eigenvalue weighted by atomic mass is 9.81. The van der Waals surface area contributed by atoms with Crippen molar-refractivity contribution in [3.05, 3.63) is 70.5 Å². The molecule has 36 heavy (non-hydrogen) atoms.